The Morgan fingerprint density at radius 2 is 2.07 bits per heavy atom. The summed E-state index contributed by atoms with van der Waals surface area (Å²) in [6.07, 6.45) is 3.24. The van der Waals surface area contributed by atoms with E-state index in [1.165, 1.54) is 23.1 Å². The molecule has 0 radical (unpaired) electrons. The molecule has 1 atom stereocenters. The normalized spacial score (nSPS) is 19.8. The number of halogens is 1. The van der Waals surface area contributed by atoms with Crippen LogP contribution in [0.1, 0.15) is 23.1 Å². The highest BCUT2D eigenvalue weighted by atomic mass is 35.5. The van der Waals surface area contributed by atoms with Crippen molar-refractivity contribution in [3.8, 4) is 0 Å². The molecule has 3 N–H and O–H groups in total. The van der Waals surface area contributed by atoms with Gasteiger partial charge < -0.3 is 20.6 Å². The Morgan fingerprint density at radius 3 is 2.76 bits per heavy atom. The Morgan fingerprint density at radius 1 is 1.28 bits per heavy atom. The molecule has 29 heavy (non-hydrogen) atoms. The van der Waals surface area contributed by atoms with Crippen LogP contribution < -0.4 is 10.6 Å². The molecule has 2 aliphatic heterocycles. The number of aromatic nitrogens is 3. The van der Waals surface area contributed by atoms with Gasteiger partial charge in [-0.05, 0) is 31.2 Å². The minimum atomic E-state index is -1.19. The number of rotatable bonds is 3. The van der Waals surface area contributed by atoms with Crippen molar-refractivity contribution in [3.63, 3.8) is 0 Å². The Hall–Kier alpha value is -2.26. The summed E-state index contributed by atoms with van der Waals surface area (Å²) < 4.78 is 0. The summed E-state index contributed by atoms with van der Waals surface area (Å²) in [6, 6.07) is 6.15. The first-order valence-corrected chi connectivity index (χ1v) is 10.6. The molecule has 0 bridgehead atoms. The van der Waals surface area contributed by atoms with Crippen molar-refractivity contribution >= 4 is 40.4 Å². The van der Waals surface area contributed by atoms with Gasteiger partial charge in [-0.3, -0.25) is 0 Å². The number of thiazole rings is 1. The molecule has 4 heterocycles. The zero-order valence-electron chi connectivity index (χ0n) is 16.1. The molecular weight excluding hydrogens is 408 g/mol. The van der Waals surface area contributed by atoms with E-state index in [0.717, 1.165) is 30.9 Å². The quantitative estimate of drug-likeness (QED) is 0.662. The largest absolute Gasteiger partial charge is 0.378 e. The smallest absolute Gasteiger partial charge is 0.222 e. The van der Waals surface area contributed by atoms with E-state index in [-0.39, 0.29) is 11.4 Å². The number of fused-ring (bicyclic) bond motifs is 2. The summed E-state index contributed by atoms with van der Waals surface area (Å²) in [5.74, 6) is 0.779. The number of anilines is 3. The summed E-state index contributed by atoms with van der Waals surface area (Å²) in [4.78, 5) is 17.1. The van der Waals surface area contributed by atoms with Crippen molar-refractivity contribution in [2.24, 2.45) is 0 Å². The van der Waals surface area contributed by atoms with Gasteiger partial charge in [0.15, 0.2) is 5.82 Å². The number of hydrogen-bond acceptors (Lipinski definition) is 8. The van der Waals surface area contributed by atoms with Crippen molar-refractivity contribution < 1.29 is 5.11 Å². The van der Waals surface area contributed by atoms with Crippen LogP contribution in [-0.4, -0.2) is 51.6 Å². The van der Waals surface area contributed by atoms with Gasteiger partial charge in [0.05, 0.1) is 6.20 Å². The van der Waals surface area contributed by atoms with E-state index in [4.69, 9.17) is 17.3 Å². The lowest BCUT2D eigenvalue weighted by molar-refractivity contribution is 0.101. The SMILES string of the molecule is CN1CC2(C1)CN(c1nc(N)ncc1Cl)c1cc([C@](C)(O)c3nccs3)ccc12. The topological polar surface area (TPSA) is 91.4 Å². The first-order chi connectivity index (χ1) is 13.8. The number of likely N-dealkylation sites (tertiary alicyclic amines) is 1. The second-order valence-corrected chi connectivity index (χ2v) is 9.38. The van der Waals surface area contributed by atoms with Crippen molar-refractivity contribution in [2.75, 3.05) is 37.3 Å². The molecular formula is C20H21ClN6OS. The van der Waals surface area contributed by atoms with Gasteiger partial charge in [0.25, 0.3) is 0 Å². The maximum Gasteiger partial charge on any atom is 0.222 e. The van der Waals surface area contributed by atoms with Crippen molar-refractivity contribution in [1.82, 2.24) is 19.9 Å². The van der Waals surface area contributed by atoms with Gasteiger partial charge in [-0.1, -0.05) is 23.7 Å². The van der Waals surface area contributed by atoms with E-state index in [2.05, 4.69) is 37.9 Å². The summed E-state index contributed by atoms with van der Waals surface area (Å²) in [5.41, 5.74) is 7.69. The molecule has 7 nitrogen and oxygen atoms in total. The maximum absolute atomic E-state index is 11.2. The summed E-state index contributed by atoms with van der Waals surface area (Å²) in [6.45, 7) is 4.44. The average Bonchev–Trinajstić information content (AvgIpc) is 3.31. The van der Waals surface area contributed by atoms with Gasteiger partial charge in [-0.25, -0.2) is 9.97 Å². The highest BCUT2D eigenvalue weighted by Crippen LogP contribution is 2.50. The summed E-state index contributed by atoms with van der Waals surface area (Å²) >= 11 is 7.88. The van der Waals surface area contributed by atoms with Crippen LogP contribution in [-0.2, 0) is 11.0 Å². The molecule has 0 amide bonds. The molecule has 2 aromatic heterocycles. The predicted molar refractivity (Wildman–Crippen MR) is 115 cm³/mol. The van der Waals surface area contributed by atoms with E-state index in [9.17, 15) is 5.11 Å². The predicted octanol–water partition coefficient (Wildman–Crippen LogP) is 2.76. The number of likely N-dealkylation sites (N-methyl/N-ethyl adjacent to an activating group) is 1. The third-order valence-electron chi connectivity index (χ3n) is 5.88. The van der Waals surface area contributed by atoms with Gasteiger partial charge in [0.2, 0.25) is 5.95 Å². The standard InChI is InChI=1S/C20H21ClN6OS/c1-19(28,17-23-5-6-29-17)12-3-4-13-15(7-12)27(11-20(13)9-26(2)10-20)16-14(21)8-24-18(22)25-16/h3-8,28H,9-11H2,1-2H3,(H2,22,24,25)/t19-/m0/s1. The molecule has 1 spiro atoms. The molecule has 3 aromatic rings. The van der Waals surface area contributed by atoms with Crippen molar-refractivity contribution in [2.45, 2.75) is 17.9 Å². The molecule has 5 rings (SSSR count). The lowest BCUT2D eigenvalue weighted by atomic mass is 9.75. The second kappa shape index (κ2) is 6.37. The Balaban J connectivity index is 1.65. The lowest BCUT2D eigenvalue weighted by Gasteiger charge is -2.46. The van der Waals surface area contributed by atoms with Gasteiger partial charge in [-0.15, -0.1) is 11.3 Å². The van der Waals surface area contributed by atoms with E-state index < -0.39 is 5.60 Å². The minimum Gasteiger partial charge on any atom is -0.378 e. The number of hydrogen-bond donors (Lipinski definition) is 2. The number of nitrogen functional groups attached to an aromatic ring is 1. The molecule has 150 valence electrons. The fourth-order valence-electron chi connectivity index (χ4n) is 4.57. The van der Waals surface area contributed by atoms with E-state index in [1.54, 1.807) is 13.1 Å². The zero-order chi connectivity index (χ0) is 20.4. The fourth-order valence-corrected chi connectivity index (χ4v) is 5.49. The monoisotopic (exact) mass is 428 g/mol. The second-order valence-electron chi connectivity index (χ2n) is 8.08. The van der Waals surface area contributed by atoms with Crippen LogP contribution in [0.15, 0.2) is 36.0 Å². The van der Waals surface area contributed by atoms with Crippen molar-refractivity contribution in [1.29, 1.82) is 0 Å². The molecule has 0 aliphatic carbocycles. The first-order valence-electron chi connectivity index (χ1n) is 9.32. The maximum atomic E-state index is 11.2. The highest BCUT2D eigenvalue weighted by Gasteiger charge is 2.51. The Labute approximate surface area is 177 Å². The molecule has 9 heteroatoms. The Kier molecular flexibility index (Phi) is 4.12. The van der Waals surface area contributed by atoms with Crippen LogP contribution in [0.25, 0.3) is 0 Å². The molecule has 0 saturated carbocycles. The molecule has 1 aromatic carbocycles. The van der Waals surface area contributed by atoms with E-state index in [0.29, 0.717) is 15.8 Å². The van der Waals surface area contributed by atoms with E-state index in [1.807, 2.05) is 17.5 Å². The molecule has 1 fully saturated rings. The molecule has 1 saturated heterocycles. The van der Waals surface area contributed by atoms with Gasteiger partial charge in [0, 0.05) is 42.3 Å². The average molecular weight is 429 g/mol. The first kappa shape index (κ1) is 18.7. The Bertz CT molecular complexity index is 1080. The van der Waals surface area contributed by atoms with Gasteiger partial charge >= 0.3 is 0 Å². The summed E-state index contributed by atoms with van der Waals surface area (Å²) in [7, 11) is 2.12. The molecule has 2 aliphatic rings. The third kappa shape index (κ3) is 2.82. The van der Waals surface area contributed by atoms with Gasteiger partial charge in [0.1, 0.15) is 15.6 Å². The highest BCUT2D eigenvalue weighted by molar-refractivity contribution is 7.09. The van der Waals surface area contributed by atoms with Crippen LogP contribution in [0.3, 0.4) is 0 Å². The van der Waals surface area contributed by atoms with Crippen LogP contribution in [0.2, 0.25) is 5.02 Å². The number of benzene rings is 1. The molecule has 0 unspecified atom stereocenters. The minimum absolute atomic E-state index is 0.0126. The lowest BCUT2D eigenvalue weighted by Crippen LogP contribution is -2.59. The number of nitrogens with two attached hydrogens (primary N) is 1. The number of nitrogens with zero attached hydrogens (tertiary/aromatic N) is 5. The van der Waals surface area contributed by atoms with Crippen molar-refractivity contribution in [3.05, 3.63) is 57.1 Å². The number of aliphatic hydroxyl groups is 1. The van der Waals surface area contributed by atoms with Gasteiger partial charge in [-0.2, -0.15) is 4.98 Å². The fraction of sp³-hybridized carbons (Fsp3) is 0.350. The third-order valence-corrected chi connectivity index (χ3v) is 7.13. The van der Waals surface area contributed by atoms with Crippen LogP contribution in [0.4, 0.5) is 17.5 Å². The van der Waals surface area contributed by atoms with Crippen LogP contribution >= 0.6 is 22.9 Å². The zero-order valence-corrected chi connectivity index (χ0v) is 17.7. The van der Waals surface area contributed by atoms with E-state index >= 15 is 0 Å². The van der Waals surface area contributed by atoms with Crippen LogP contribution in [0.5, 0.6) is 0 Å². The summed E-state index contributed by atoms with van der Waals surface area (Å²) in [5, 5.41) is 14.2. The van der Waals surface area contributed by atoms with Crippen LogP contribution in [0, 0.1) is 0 Å².